The number of rotatable bonds is 3. The molecule has 1 aromatic heterocycles. The normalized spacial score (nSPS) is 10.1. The molecule has 0 radical (unpaired) electrons. The summed E-state index contributed by atoms with van der Waals surface area (Å²) in [4.78, 5) is 11.5. The second-order valence-electron chi connectivity index (χ2n) is 1.88. The highest BCUT2D eigenvalue weighted by atomic mass is 35.5. The maximum absolute atomic E-state index is 5.62. The van der Waals surface area contributed by atoms with Gasteiger partial charge < -0.3 is 5.73 Å². The second kappa shape index (κ2) is 4.73. The predicted molar refractivity (Wildman–Crippen MR) is 58.8 cm³/mol. The highest BCUT2D eigenvalue weighted by Crippen LogP contribution is 2.24. The van der Waals surface area contributed by atoms with Crippen molar-refractivity contribution in [1.82, 2.24) is 15.0 Å². The van der Waals surface area contributed by atoms with E-state index in [2.05, 4.69) is 15.0 Å². The Morgan fingerprint density at radius 2 is 1.85 bits per heavy atom. The van der Waals surface area contributed by atoms with Gasteiger partial charge in [0, 0.05) is 12.5 Å². The van der Waals surface area contributed by atoms with E-state index in [0.717, 1.165) is 0 Å². The maximum Gasteiger partial charge on any atom is 0.252 e. The van der Waals surface area contributed by atoms with Crippen molar-refractivity contribution in [3.8, 4) is 0 Å². The van der Waals surface area contributed by atoms with Gasteiger partial charge in [-0.3, -0.25) is 0 Å². The molecule has 0 bridgehead atoms. The Balaban J connectivity index is 2.99. The third-order valence-corrected chi connectivity index (χ3v) is 3.16. The molecule has 1 heterocycles. The van der Waals surface area contributed by atoms with Crippen LogP contribution in [0.25, 0.3) is 0 Å². The zero-order valence-electron chi connectivity index (χ0n) is 7.06. The molecule has 13 heavy (non-hydrogen) atoms. The summed E-state index contributed by atoms with van der Waals surface area (Å²) in [5.41, 5.74) is 5.41. The Kier molecular flexibility index (Phi) is 3.89. The first-order chi connectivity index (χ1) is 6.17. The van der Waals surface area contributed by atoms with E-state index in [0.29, 0.717) is 5.95 Å². The fourth-order valence-electron chi connectivity index (χ4n) is 0.674. The number of nitrogens with two attached hydrogens (primary N) is 1. The molecule has 72 valence electrons. The summed E-state index contributed by atoms with van der Waals surface area (Å²) in [6.07, 6.45) is 3.81. The number of hydrogen-bond acceptors (Lipinski definition) is 7. The van der Waals surface area contributed by atoms with Gasteiger partial charge in [-0.2, -0.15) is 15.0 Å². The summed E-state index contributed by atoms with van der Waals surface area (Å²) < 4.78 is 1.78. The molecule has 0 fully saturated rings. The van der Waals surface area contributed by atoms with Crippen LogP contribution in [0.4, 0.5) is 11.9 Å². The molecular formula is C5H8ClN5S2. The van der Waals surface area contributed by atoms with Gasteiger partial charge >= 0.3 is 0 Å². The van der Waals surface area contributed by atoms with Crippen LogP contribution in [-0.2, 0) is 0 Å². The monoisotopic (exact) mass is 237 g/mol. The standard InChI is InChI=1S/C5H8ClN5S2/c1-12-11(13-2)5-9-3(6)8-4(7)10-5/h1-2H3,(H2,7,8,9,10). The SMILES string of the molecule is CSN(SC)c1nc(N)nc(Cl)n1. The first kappa shape index (κ1) is 10.7. The smallest absolute Gasteiger partial charge is 0.252 e. The molecule has 0 aromatic carbocycles. The van der Waals surface area contributed by atoms with Crippen molar-refractivity contribution in [3.63, 3.8) is 0 Å². The fourth-order valence-corrected chi connectivity index (χ4v) is 1.92. The Hall–Kier alpha value is -0.400. The van der Waals surface area contributed by atoms with Gasteiger partial charge in [0.25, 0.3) is 5.95 Å². The van der Waals surface area contributed by atoms with Crippen LogP contribution >= 0.6 is 35.5 Å². The molecule has 0 saturated heterocycles. The lowest BCUT2D eigenvalue weighted by Crippen LogP contribution is -2.09. The Labute approximate surface area is 89.7 Å². The molecule has 0 saturated carbocycles. The number of hydrogen-bond donors (Lipinski definition) is 1. The van der Waals surface area contributed by atoms with Gasteiger partial charge in [0.15, 0.2) is 0 Å². The predicted octanol–water partition coefficient (Wildman–Crippen LogP) is 1.47. The third-order valence-electron chi connectivity index (χ3n) is 1.11. The summed E-state index contributed by atoms with van der Waals surface area (Å²) >= 11 is 8.56. The minimum absolute atomic E-state index is 0.107. The molecule has 8 heteroatoms. The molecule has 0 amide bonds. The Morgan fingerprint density at radius 1 is 1.23 bits per heavy atom. The minimum atomic E-state index is 0.107. The average Bonchev–Trinajstić information content (AvgIpc) is 2.04. The van der Waals surface area contributed by atoms with Gasteiger partial charge in [-0.25, -0.2) is 3.71 Å². The Bertz CT molecular complexity index is 272. The van der Waals surface area contributed by atoms with Crippen molar-refractivity contribution >= 4 is 47.4 Å². The van der Waals surface area contributed by atoms with Crippen molar-refractivity contribution in [2.75, 3.05) is 22.0 Å². The van der Waals surface area contributed by atoms with Crippen LogP contribution in [0.2, 0.25) is 5.28 Å². The average molecular weight is 238 g/mol. The van der Waals surface area contributed by atoms with E-state index < -0.39 is 0 Å². The lowest BCUT2D eigenvalue weighted by Gasteiger charge is -2.14. The molecule has 0 aliphatic rings. The molecule has 0 atom stereocenters. The Morgan fingerprint density at radius 3 is 2.31 bits per heavy atom. The lowest BCUT2D eigenvalue weighted by atomic mass is 10.9. The van der Waals surface area contributed by atoms with E-state index in [9.17, 15) is 0 Å². The number of anilines is 2. The zero-order valence-corrected chi connectivity index (χ0v) is 9.45. The molecule has 0 unspecified atom stereocenters. The van der Waals surface area contributed by atoms with Crippen LogP contribution in [0.3, 0.4) is 0 Å². The van der Waals surface area contributed by atoms with Gasteiger partial charge in [-0.15, -0.1) is 0 Å². The first-order valence-corrected chi connectivity index (χ1v) is 5.97. The summed E-state index contributed by atoms with van der Waals surface area (Å²) in [6.45, 7) is 0. The summed E-state index contributed by atoms with van der Waals surface area (Å²) in [6, 6.07) is 0. The van der Waals surface area contributed by atoms with E-state index in [1.54, 1.807) is 3.71 Å². The van der Waals surface area contributed by atoms with Gasteiger partial charge in [0.1, 0.15) is 0 Å². The van der Waals surface area contributed by atoms with E-state index in [1.807, 2.05) is 12.5 Å². The van der Waals surface area contributed by atoms with Gasteiger partial charge in [-0.05, 0) is 35.5 Å². The topological polar surface area (TPSA) is 67.9 Å². The quantitative estimate of drug-likeness (QED) is 0.799. The number of aromatic nitrogens is 3. The van der Waals surface area contributed by atoms with Crippen LogP contribution in [-0.4, -0.2) is 27.5 Å². The van der Waals surface area contributed by atoms with Gasteiger partial charge in [0.2, 0.25) is 11.2 Å². The summed E-state index contributed by atoms with van der Waals surface area (Å²) in [5, 5.41) is 0.107. The van der Waals surface area contributed by atoms with Crippen LogP contribution in [0.15, 0.2) is 0 Å². The number of nitrogen functional groups attached to an aromatic ring is 1. The summed E-state index contributed by atoms with van der Waals surface area (Å²) in [7, 11) is 0. The molecule has 0 aliphatic heterocycles. The van der Waals surface area contributed by atoms with Crippen LogP contribution in [0, 0.1) is 0 Å². The lowest BCUT2D eigenvalue weighted by molar-refractivity contribution is 1.06. The largest absolute Gasteiger partial charge is 0.368 e. The van der Waals surface area contributed by atoms with Crippen molar-refractivity contribution in [1.29, 1.82) is 0 Å². The minimum Gasteiger partial charge on any atom is -0.368 e. The van der Waals surface area contributed by atoms with E-state index in [1.165, 1.54) is 23.9 Å². The number of nitrogens with zero attached hydrogens (tertiary/aromatic N) is 4. The van der Waals surface area contributed by atoms with Crippen molar-refractivity contribution < 1.29 is 0 Å². The third kappa shape index (κ3) is 2.78. The maximum atomic E-state index is 5.62. The highest BCUT2D eigenvalue weighted by Gasteiger charge is 2.09. The fraction of sp³-hybridized carbons (Fsp3) is 0.400. The number of halogens is 1. The first-order valence-electron chi connectivity index (χ1n) is 3.22. The molecular weight excluding hydrogens is 230 g/mol. The zero-order chi connectivity index (χ0) is 9.84. The summed E-state index contributed by atoms with van der Waals surface area (Å²) in [5.74, 6) is 0.584. The molecule has 0 spiro atoms. The highest BCUT2D eigenvalue weighted by molar-refractivity contribution is 8.17. The van der Waals surface area contributed by atoms with Crippen LogP contribution < -0.4 is 9.44 Å². The van der Waals surface area contributed by atoms with Crippen molar-refractivity contribution in [3.05, 3.63) is 5.28 Å². The second-order valence-corrected chi connectivity index (χ2v) is 3.91. The molecule has 5 nitrogen and oxygen atoms in total. The van der Waals surface area contributed by atoms with E-state index in [-0.39, 0.29) is 11.2 Å². The van der Waals surface area contributed by atoms with E-state index >= 15 is 0 Å². The van der Waals surface area contributed by atoms with Crippen molar-refractivity contribution in [2.45, 2.75) is 0 Å². The molecule has 1 aromatic rings. The van der Waals surface area contributed by atoms with Crippen molar-refractivity contribution in [2.24, 2.45) is 0 Å². The van der Waals surface area contributed by atoms with Gasteiger partial charge in [-0.1, -0.05) is 0 Å². The van der Waals surface area contributed by atoms with E-state index in [4.69, 9.17) is 17.3 Å². The van der Waals surface area contributed by atoms with Crippen LogP contribution in [0.1, 0.15) is 0 Å². The molecule has 2 N–H and O–H groups in total. The van der Waals surface area contributed by atoms with Gasteiger partial charge in [0.05, 0.1) is 0 Å². The molecule has 0 aliphatic carbocycles. The molecule has 1 rings (SSSR count). The van der Waals surface area contributed by atoms with Crippen LogP contribution in [0.5, 0.6) is 0 Å².